The molecule has 0 unspecified atom stereocenters. The van der Waals surface area contributed by atoms with E-state index in [1.54, 1.807) is 0 Å². The molecule has 0 aliphatic heterocycles. The first-order valence-corrected chi connectivity index (χ1v) is 5.58. The molecule has 76 valence electrons. The number of carbonyl (C=O) groups excluding carboxylic acids is 1. The van der Waals surface area contributed by atoms with Gasteiger partial charge in [-0.05, 0) is 66.6 Å². The van der Waals surface area contributed by atoms with Gasteiger partial charge in [0, 0.05) is 3.57 Å². The van der Waals surface area contributed by atoms with Crippen LogP contribution in [0.25, 0.3) is 0 Å². The summed E-state index contributed by atoms with van der Waals surface area (Å²) in [6.45, 7) is 6.28. The minimum absolute atomic E-state index is 0.242. The van der Waals surface area contributed by atoms with Gasteiger partial charge in [-0.2, -0.15) is 0 Å². The molecule has 2 nitrogen and oxygen atoms in total. The molecule has 0 radical (unpaired) electrons. The zero-order chi connectivity index (χ0) is 10.7. The van der Waals surface area contributed by atoms with Crippen molar-refractivity contribution in [1.29, 1.82) is 0 Å². The Kier molecular flexibility index (Phi) is 3.92. The lowest BCUT2D eigenvalue weighted by Gasteiger charge is -2.07. The van der Waals surface area contributed by atoms with Crippen molar-refractivity contribution in [3.8, 4) is 0 Å². The smallest absolute Gasteiger partial charge is 0.338 e. The van der Waals surface area contributed by atoms with Crippen LogP contribution in [0.15, 0.2) is 12.1 Å². The number of ether oxygens (including phenoxy) is 1. The molecule has 3 heteroatoms. The number of halogens is 1. The third-order valence-electron chi connectivity index (χ3n) is 2.12. The van der Waals surface area contributed by atoms with Crippen LogP contribution in [0.2, 0.25) is 0 Å². The first kappa shape index (κ1) is 11.5. The van der Waals surface area contributed by atoms with Crippen molar-refractivity contribution in [2.75, 3.05) is 6.61 Å². The number of aryl methyl sites for hydroxylation is 1. The minimum atomic E-state index is -0.242. The highest BCUT2D eigenvalue weighted by Crippen LogP contribution is 2.18. The van der Waals surface area contributed by atoms with E-state index in [-0.39, 0.29) is 5.97 Å². The summed E-state index contributed by atoms with van der Waals surface area (Å²) >= 11 is 2.23. The number of hydrogen-bond acceptors (Lipinski definition) is 2. The van der Waals surface area contributed by atoms with Crippen LogP contribution < -0.4 is 0 Å². The third-order valence-corrected chi connectivity index (χ3v) is 3.24. The van der Waals surface area contributed by atoms with Crippen LogP contribution in [0.5, 0.6) is 0 Å². The molecule has 14 heavy (non-hydrogen) atoms. The average Bonchev–Trinajstić information content (AvgIpc) is 2.13. The monoisotopic (exact) mass is 304 g/mol. The van der Waals surface area contributed by atoms with Crippen LogP contribution >= 0.6 is 22.6 Å². The highest BCUT2D eigenvalue weighted by atomic mass is 127. The summed E-state index contributed by atoms with van der Waals surface area (Å²) in [6, 6.07) is 3.73. The Hall–Kier alpha value is -0.580. The molecule has 0 amide bonds. The molecule has 0 saturated carbocycles. The lowest BCUT2D eigenvalue weighted by atomic mass is 10.1. The zero-order valence-electron chi connectivity index (χ0n) is 8.56. The number of esters is 1. The van der Waals surface area contributed by atoms with Gasteiger partial charge in [0.05, 0.1) is 12.2 Å². The summed E-state index contributed by atoms with van der Waals surface area (Å²) in [5.74, 6) is -0.242. The summed E-state index contributed by atoms with van der Waals surface area (Å²) in [6.07, 6.45) is 0. The van der Waals surface area contributed by atoms with E-state index in [1.807, 2.05) is 32.9 Å². The Balaban J connectivity index is 3.06. The van der Waals surface area contributed by atoms with E-state index < -0.39 is 0 Å². The van der Waals surface area contributed by atoms with Gasteiger partial charge in [0.15, 0.2) is 0 Å². The van der Waals surface area contributed by atoms with Crippen molar-refractivity contribution < 1.29 is 9.53 Å². The maximum Gasteiger partial charge on any atom is 0.338 e. The molecule has 0 saturated heterocycles. The quantitative estimate of drug-likeness (QED) is 0.620. The van der Waals surface area contributed by atoms with Crippen molar-refractivity contribution in [1.82, 2.24) is 0 Å². The second-order valence-electron chi connectivity index (χ2n) is 3.12. The number of rotatable bonds is 2. The second kappa shape index (κ2) is 4.77. The van der Waals surface area contributed by atoms with E-state index in [2.05, 4.69) is 22.6 Å². The van der Waals surface area contributed by atoms with E-state index in [4.69, 9.17) is 4.74 Å². The van der Waals surface area contributed by atoms with Gasteiger partial charge in [0.1, 0.15) is 0 Å². The van der Waals surface area contributed by atoms with Crippen LogP contribution in [0.3, 0.4) is 0 Å². The Bertz CT molecular complexity index is 335. The van der Waals surface area contributed by atoms with Crippen molar-refractivity contribution in [3.05, 3.63) is 32.4 Å². The van der Waals surface area contributed by atoms with Crippen LogP contribution in [0.4, 0.5) is 0 Å². The molecule has 0 aliphatic carbocycles. The minimum Gasteiger partial charge on any atom is -0.462 e. The Morgan fingerprint density at radius 2 is 2.07 bits per heavy atom. The van der Waals surface area contributed by atoms with Crippen LogP contribution in [-0.2, 0) is 4.74 Å². The average molecular weight is 304 g/mol. The number of carbonyl (C=O) groups is 1. The van der Waals surface area contributed by atoms with Gasteiger partial charge in [0.2, 0.25) is 0 Å². The van der Waals surface area contributed by atoms with Crippen LogP contribution in [0, 0.1) is 17.4 Å². The van der Waals surface area contributed by atoms with Crippen molar-refractivity contribution >= 4 is 28.6 Å². The Morgan fingerprint density at radius 3 is 2.57 bits per heavy atom. The molecule has 0 aliphatic rings. The predicted molar refractivity (Wildman–Crippen MR) is 64.6 cm³/mol. The number of hydrogen-bond donors (Lipinski definition) is 0. The molecular weight excluding hydrogens is 291 g/mol. The van der Waals surface area contributed by atoms with Gasteiger partial charge in [-0.25, -0.2) is 4.79 Å². The van der Waals surface area contributed by atoms with E-state index in [1.165, 1.54) is 5.56 Å². The number of benzene rings is 1. The highest BCUT2D eigenvalue weighted by molar-refractivity contribution is 14.1. The first-order valence-electron chi connectivity index (χ1n) is 4.50. The maximum atomic E-state index is 11.4. The van der Waals surface area contributed by atoms with Gasteiger partial charge in [-0.3, -0.25) is 0 Å². The third kappa shape index (κ3) is 2.47. The molecular formula is C11H13IO2. The Labute approximate surface area is 97.8 Å². The zero-order valence-corrected chi connectivity index (χ0v) is 10.7. The van der Waals surface area contributed by atoms with E-state index in [0.717, 1.165) is 9.13 Å². The molecule has 0 bridgehead atoms. The maximum absolute atomic E-state index is 11.4. The van der Waals surface area contributed by atoms with Crippen molar-refractivity contribution in [3.63, 3.8) is 0 Å². The summed E-state index contributed by atoms with van der Waals surface area (Å²) in [4.78, 5) is 11.4. The molecule has 0 aromatic heterocycles. The highest BCUT2D eigenvalue weighted by Gasteiger charge is 2.09. The lowest BCUT2D eigenvalue weighted by molar-refractivity contribution is 0.0526. The molecule has 1 aromatic carbocycles. The fraction of sp³-hybridized carbons (Fsp3) is 0.364. The van der Waals surface area contributed by atoms with Crippen LogP contribution in [-0.4, -0.2) is 12.6 Å². The van der Waals surface area contributed by atoms with E-state index in [0.29, 0.717) is 12.2 Å². The molecule has 0 atom stereocenters. The van der Waals surface area contributed by atoms with Gasteiger partial charge < -0.3 is 4.74 Å². The fourth-order valence-electron chi connectivity index (χ4n) is 1.15. The second-order valence-corrected chi connectivity index (χ2v) is 4.28. The largest absolute Gasteiger partial charge is 0.462 e. The predicted octanol–water partition coefficient (Wildman–Crippen LogP) is 3.08. The standard InChI is InChI=1S/C11H13IO2/c1-4-14-11(13)9-5-7(2)8(3)10(12)6-9/h5-6H,4H2,1-3H3. The lowest BCUT2D eigenvalue weighted by Crippen LogP contribution is -2.06. The van der Waals surface area contributed by atoms with Gasteiger partial charge >= 0.3 is 5.97 Å². The van der Waals surface area contributed by atoms with Gasteiger partial charge in [-0.15, -0.1) is 0 Å². The first-order chi connectivity index (χ1) is 6.56. The summed E-state index contributed by atoms with van der Waals surface area (Å²) < 4.78 is 6.04. The summed E-state index contributed by atoms with van der Waals surface area (Å²) in [7, 11) is 0. The molecule has 0 fully saturated rings. The molecule has 1 aromatic rings. The van der Waals surface area contributed by atoms with Gasteiger partial charge in [-0.1, -0.05) is 0 Å². The topological polar surface area (TPSA) is 26.3 Å². The van der Waals surface area contributed by atoms with Crippen molar-refractivity contribution in [2.24, 2.45) is 0 Å². The SMILES string of the molecule is CCOC(=O)c1cc(C)c(C)c(I)c1. The molecule has 0 N–H and O–H groups in total. The fourth-order valence-corrected chi connectivity index (χ4v) is 1.91. The summed E-state index contributed by atoms with van der Waals surface area (Å²) in [5, 5.41) is 0. The van der Waals surface area contributed by atoms with Gasteiger partial charge in [0.25, 0.3) is 0 Å². The molecule has 1 rings (SSSR count). The molecule has 0 heterocycles. The molecule has 0 spiro atoms. The van der Waals surface area contributed by atoms with Crippen LogP contribution in [0.1, 0.15) is 28.4 Å². The van der Waals surface area contributed by atoms with Crippen molar-refractivity contribution in [2.45, 2.75) is 20.8 Å². The van der Waals surface area contributed by atoms with E-state index in [9.17, 15) is 4.79 Å². The normalized spacial score (nSPS) is 10.0. The summed E-state index contributed by atoms with van der Waals surface area (Å²) in [5.41, 5.74) is 2.98. The van der Waals surface area contributed by atoms with E-state index >= 15 is 0 Å². The Morgan fingerprint density at radius 1 is 1.43 bits per heavy atom.